The average Bonchev–Trinajstić information content (AvgIpc) is 2.56. The number of aryl methyl sites for hydroxylation is 1. The topological polar surface area (TPSA) is 48.6 Å². The molecule has 0 saturated heterocycles. The van der Waals surface area contributed by atoms with Crippen molar-refractivity contribution in [1.82, 2.24) is 0 Å². The summed E-state index contributed by atoms with van der Waals surface area (Å²) in [6.07, 6.45) is 0.557. The molecule has 0 aliphatic heterocycles. The third-order valence-corrected chi connectivity index (χ3v) is 3.97. The number of nitrogens with one attached hydrogen (secondary N) is 1. The molecule has 0 aliphatic carbocycles. The molecule has 0 bridgehead atoms. The van der Waals surface area contributed by atoms with Gasteiger partial charge in [0.25, 0.3) is 0 Å². The van der Waals surface area contributed by atoms with Gasteiger partial charge in [-0.25, -0.2) is 0 Å². The van der Waals surface area contributed by atoms with Crippen LogP contribution < -0.4 is 0 Å². The SMILES string of the molecule is CN=C(CN=C(c1ccc(Cl)cc1)c1ccccc1C)CC(C)=N. The molecule has 0 aliphatic rings. The Kier molecular flexibility index (Phi) is 6.44. The van der Waals surface area contributed by atoms with Crippen LogP contribution >= 0.6 is 11.6 Å². The largest absolute Gasteiger partial charge is 0.310 e. The zero-order valence-corrected chi connectivity index (χ0v) is 15.1. The zero-order chi connectivity index (χ0) is 17.5. The van der Waals surface area contributed by atoms with Crippen molar-refractivity contribution in [3.8, 4) is 0 Å². The van der Waals surface area contributed by atoms with Gasteiger partial charge in [0.2, 0.25) is 0 Å². The molecule has 2 aromatic carbocycles. The van der Waals surface area contributed by atoms with Crippen molar-refractivity contribution in [1.29, 1.82) is 5.41 Å². The summed E-state index contributed by atoms with van der Waals surface area (Å²) in [5, 5.41) is 8.36. The van der Waals surface area contributed by atoms with E-state index >= 15 is 0 Å². The van der Waals surface area contributed by atoms with Crippen molar-refractivity contribution < 1.29 is 0 Å². The van der Waals surface area contributed by atoms with Gasteiger partial charge in [-0.3, -0.25) is 9.98 Å². The normalized spacial score (nSPS) is 12.3. The number of nitrogens with zero attached hydrogens (tertiary/aromatic N) is 2. The second-order valence-electron chi connectivity index (χ2n) is 5.73. The summed E-state index contributed by atoms with van der Waals surface area (Å²) in [4.78, 5) is 9.10. The van der Waals surface area contributed by atoms with Crippen molar-refractivity contribution >= 4 is 28.7 Å². The standard InChI is InChI=1S/C20H22ClN3/c1-14-6-4-5-7-19(14)20(16-8-10-17(21)11-9-16)24-13-18(23-3)12-15(2)22/h4-11,22H,12-13H2,1-3H3. The quantitative estimate of drug-likeness (QED) is 0.721. The molecule has 0 aromatic heterocycles. The highest BCUT2D eigenvalue weighted by atomic mass is 35.5. The number of benzene rings is 2. The second-order valence-corrected chi connectivity index (χ2v) is 6.17. The van der Waals surface area contributed by atoms with E-state index in [0.717, 1.165) is 22.6 Å². The van der Waals surface area contributed by atoms with E-state index < -0.39 is 0 Å². The first-order valence-corrected chi connectivity index (χ1v) is 8.24. The smallest absolute Gasteiger partial charge is 0.0779 e. The van der Waals surface area contributed by atoms with E-state index in [0.29, 0.717) is 23.7 Å². The minimum Gasteiger partial charge on any atom is -0.310 e. The van der Waals surface area contributed by atoms with Gasteiger partial charge >= 0.3 is 0 Å². The van der Waals surface area contributed by atoms with E-state index in [1.807, 2.05) is 36.4 Å². The predicted molar refractivity (Wildman–Crippen MR) is 105 cm³/mol. The van der Waals surface area contributed by atoms with Crippen LogP contribution in [-0.2, 0) is 0 Å². The van der Waals surface area contributed by atoms with Crippen molar-refractivity contribution in [2.75, 3.05) is 13.6 Å². The number of hydrogen-bond acceptors (Lipinski definition) is 3. The lowest BCUT2D eigenvalue weighted by Crippen LogP contribution is -2.12. The van der Waals surface area contributed by atoms with E-state index in [1.165, 1.54) is 5.56 Å². The van der Waals surface area contributed by atoms with Crippen LogP contribution in [0.4, 0.5) is 0 Å². The molecular formula is C20H22ClN3. The highest BCUT2D eigenvalue weighted by Gasteiger charge is 2.10. The molecule has 0 saturated carbocycles. The first-order valence-electron chi connectivity index (χ1n) is 7.86. The number of hydrogen-bond donors (Lipinski definition) is 1. The predicted octanol–water partition coefficient (Wildman–Crippen LogP) is 4.99. The Bertz CT molecular complexity index is 774. The summed E-state index contributed by atoms with van der Waals surface area (Å²) in [5.74, 6) is 0. The Morgan fingerprint density at radius 3 is 2.33 bits per heavy atom. The van der Waals surface area contributed by atoms with Crippen molar-refractivity contribution in [2.24, 2.45) is 9.98 Å². The molecule has 124 valence electrons. The molecule has 4 heteroatoms. The fourth-order valence-corrected chi connectivity index (χ4v) is 2.59. The summed E-state index contributed by atoms with van der Waals surface area (Å²) < 4.78 is 0. The van der Waals surface area contributed by atoms with Crippen LogP contribution in [0.5, 0.6) is 0 Å². The molecule has 2 rings (SSSR count). The summed E-state index contributed by atoms with van der Waals surface area (Å²) in [5.41, 5.74) is 5.72. The van der Waals surface area contributed by atoms with Crippen LogP contribution in [0.2, 0.25) is 5.02 Å². The van der Waals surface area contributed by atoms with Crippen LogP contribution in [-0.4, -0.2) is 30.7 Å². The highest BCUT2D eigenvalue weighted by molar-refractivity contribution is 6.30. The van der Waals surface area contributed by atoms with Gasteiger partial charge in [0, 0.05) is 41.0 Å². The lowest BCUT2D eigenvalue weighted by Gasteiger charge is -2.11. The Hall–Kier alpha value is -2.26. The summed E-state index contributed by atoms with van der Waals surface area (Å²) in [7, 11) is 1.75. The van der Waals surface area contributed by atoms with Gasteiger partial charge in [0.15, 0.2) is 0 Å². The van der Waals surface area contributed by atoms with Gasteiger partial charge in [-0.05, 0) is 31.5 Å². The van der Waals surface area contributed by atoms with Crippen molar-refractivity contribution in [3.63, 3.8) is 0 Å². The Morgan fingerprint density at radius 1 is 1.08 bits per heavy atom. The van der Waals surface area contributed by atoms with E-state index in [-0.39, 0.29) is 0 Å². The number of halogens is 1. The lowest BCUT2D eigenvalue weighted by molar-refractivity contribution is 1.20. The molecular weight excluding hydrogens is 318 g/mol. The molecule has 3 nitrogen and oxygen atoms in total. The molecule has 24 heavy (non-hydrogen) atoms. The summed E-state index contributed by atoms with van der Waals surface area (Å²) in [6, 6.07) is 15.9. The Morgan fingerprint density at radius 2 is 1.75 bits per heavy atom. The summed E-state index contributed by atoms with van der Waals surface area (Å²) >= 11 is 6.02. The molecule has 0 fully saturated rings. The minimum absolute atomic E-state index is 0.485. The average molecular weight is 340 g/mol. The van der Waals surface area contributed by atoms with Crippen LogP contribution in [0.25, 0.3) is 0 Å². The zero-order valence-electron chi connectivity index (χ0n) is 14.3. The molecule has 0 amide bonds. The molecule has 0 heterocycles. The van der Waals surface area contributed by atoms with Crippen LogP contribution in [0.1, 0.15) is 30.0 Å². The number of aliphatic imine (C=N–C) groups is 2. The monoisotopic (exact) mass is 339 g/mol. The van der Waals surface area contributed by atoms with Gasteiger partial charge in [-0.2, -0.15) is 0 Å². The first kappa shape index (κ1) is 18.1. The van der Waals surface area contributed by atoms with Gasteiger partial charge in [0.05, 0.1) is 12.3 Å². The van der Waals surface area contributed by atoms with Crippen molar-refractivity contribution in [2.45, 2.75) is 20.3 Å². The van der Waals surface area contributed by atoms with Gasteiger partial charge in [0.1, 0.15) is 0 Å². The maximum absolute atomic E-state index is 7.66. The summed E-state index contributed by atoms with van der Waals surface area (Å²) in [6.45, 7) is 4.35. The minimum atomic E-state index is 0.485. The molecule has 0 radical (unpaired) electrons. The van der Waals surface area contributed by atoms with Gasteiger partial charge in [-0.15, -0.1) is 0 Å². The lowest BCUT2D eigenvalue weighted by atomic mass is 9.98. The fourth-order valence-electron chi connectivity index (χ4n) is 2.46. The maximum Gasteiger partial charge on any atom is 0.0779 e. The fraction of sp³-hybridized carbons (Fsp3) is 0.250. The van der Waals surface area contributed by atoms with E-state index in [9.17, 15) is 0 Å². The van der Waals surface area contributed by atoms with Crippen LogP contribution in [0, 0.1) is 12.3 Å². The van der Waals surface area contributed by atoms with Gasteiger partial charge in [-0.1, -0.05) is 48.0 Å². The second kappa shape index (κ2) is 8.55. The van der Waals surface area contributed by atoms with E-state index in [1.54, 1.807) is 14.0 Å². The molecule has 0 spiro atoms. The molecule has 0 unspecified atom stereocenters. The Labute approximate surface area is 148 Å². The number of rotatable bonds is 6. The van der Waals surface area contributed by atoms with Crippen molar-refractivity contribution in [3.05, 3.63) is 70.2 Å². The third kappa shape index (κ3) is 4.87. The van der Waals surface area contributed by atoms with E-state index in [4.69, 9.17) is 22.0 Å². The third-order valence-electron chi connectivity index (χ3n) is 3.72. The van der Waals surface area contributed by atoms with Crippen LogP contribution in [0.3, 0.4) is 0 Å². The van der Waals surface area contributed by atoms with Crippen LogP contribution in [0.15, 0.2) is 58.5 Å². The molecule has 0 atom stereocenters. The Balaban J connectivity index is 2.43. The first-order chi connectivity index (χ1) is 11.5. The maximum atomic E-state index is 7.66. The molecule has 1 N–H and O–H groups in total. The molecule has 2 aromatic rings. The van der Waals surface area contributed by atoms with E-state index in [2.05, 4.69) is 24.0 Å². The van der Waals surface area contributed by atoms with Gasteiger partial charge < -0.3 is 5.41 Å². The highest BCUT2D eigenvalue weighted by Crippen LogP contribution is 2.17.